The number of aliphatic hydroxyl groups excluding tert-OH is 1. The number of carbonyl (C=O) groups excluding carboxylic acids is 4. The first kappa shape index (κ1) is 89.0. The summed E-state index contributed by atoms with van der Waals surface area (Å²) in [5.74, 6) is -2.17. The lowest BCUT2D eigenvalue weighted by Crippen LogP contribution is -2.30. The number of phosphoric ester groups is 2. The quantitative estimate of drug-likeness (QED) is 0.0169. The monoisotopic (exact) mass is 1340 g/mol. The van der Waals surface area contributed by atoms with Crippen molar-refractivity contribution >= 4 is 39.5 Å². The Hall–Kier alpha value is -2.98. The molecule has 0 aromatic rings. The van der Waals surface area contributed by atoms with E-state index in [1.165, 1.54) is 122 Å². The van der Waals surface area contributed by atoms with Crippen LogP contribution in [0.5, 0.6) is 0 Å². The normalized spacial score (nSPS) is 14.3. The maximum absolute atomic E-state index is 13.0. The Labute approximate surface area is 559 Å². The second-order valence-corrected chi connectivity index (χ2v) is 27.8. The van der Waals surface area contributed by atoms with Gasteiger partial charge in [0.1, 0.15) is 19.3 Å². The molecule has 0 spiro atoms. The largest absolute Gasteiger partial charge is 0.472 e. The molecule has 0 amide bonds. The van der Waals surface area contributed by atoms with Crippen LogP contribution < -0.4 is 0 Å². The van der Waals surface area contributed by atoms with Crippen LogP contribution in [0.4, 0.5) is 0 Å². The Morgan fingerprint density at radius 1 is 0.304 bits per heavy atom. The summed E-state index contributed by atoms with van der Waals surface area (Å²) >= 11 is 0. The molecule has 19 heteroatoms. The van der Waals surface area contributed by atoms with Gasteiger partial charge in [-0.05, 0) is 89.9 Å². The molecule has 3 N–H and O–H groups in total. The van der Waals surface area contributed by atoms with Gasteiger partial charge in [0.2, 0.25) is 0 Å². The zero-order chi connectivity index (χ0) is 67.5. The molecule has 5 atom stereocenters. The molecule has 0 aliphatic heterocycles. The van der Waals surface area contributed by atoms with Gasteiger partial charge in [-0.2, -0.15) is 0 Å². The van der Waals surface area contributed by atoms with E-state index in [2.05, 4.69) is 76.3 Å². The number of ether oxygens (including phenoxy) is 4. The van der Waals surface area contributed by atoms with Crippen LogP contribution in [0.15, 0.2) is 48.6 Å². The minimum absolute atomic E-state index is 0.0804. The number of aliphatic hydroxyl groups is 1. The van der Waals surface area contributed by atoms with Crippen molar-refractivity contribution < 1.29 is 80.2 Å². The molecule has 17 nitrogen and oxygen atoms in total. The van der Waals surface area contributed by atoms with Gasteiger partial charge in [-0.25, -0.2) is 9.13 Å². The summed E-state index contributed by atoms with van der Waals surface area (Å²) in [5, 5.41) is 10.6. The first-order valence-corrected chi connectivity index (χ1v) is 39.9. The molecule has 0 aliphatic rings. The van der Waals surface area contributed by atoms with E-state index in [4.69, 9.17) is 37.0 Å². The zero-order valence-electron chi connectivity index (χ0n) is 58.5. The Morgan fingerprint density at radius 3 is 0.826 bits per heavy atom. The van der Waals surface area contributed by atoms with Gasteiger partial charge >= 0.3 is 39.5 Å². The van der Waals surface area contributed by atoms with Crippen LogP contribution in [0.3, 0.4) is 0 Å². The predicted octanol–water partition coefficient (Wildman–Crippen LogP) is 20.6. The smallest absolute Gasteiger partial charge is 0.462 e. The van der Waals surface area contributed by atoms with Crippen molar-refractivity contribution in [1.82, 2.24) is 0 Å². The van der Waals surface area contributed by atoms with Crippen molar-refractivity contribution in [3.63, 3.8) is 0 Å². The third-order valence-electron chi connectivity index (χ3n) is 15.8. The molecule has 0 aromatic carbocycles. The highest BCUT2D eigenvalue weighted by molar-refractivity contribution is 7.47. The van der Waals surface area contributed by atoms with Crippen LogP contribution in [0.1, 0.15) is 336 Å². The third-order valence-corrected chi connectivity index (χ3v) is 17.7. The highest BCUT2D eigenvalue weighted by atomic mass is 31.2. The summed E-state index contributed by atoms with van der Waals surface area (Å²) in [6, 6.07) is 0. The Bertz CT molecular complexity index is 1940. The van der Waals surface area contributed by atoms with Crippen molar-refractivity contribution in [1.29, 1.82) is 0 Å². The molecule has 0 radical (unpaired) electrons. The summed E-state index contributed by atoms with van der Waals surface area (Å²) < 4.78 is 68.3. The topological polar surface area (TPSA) is 237 Å². The van der Waals surface area contributed by atoms with Crippen LogP contribution in [0, 0.1) is 0 Å². The standard InChI is InChI=1S/C73H134O17P2/c1-5-9-13-17-21-25-29-31-33-35-39-42-46-50-54-58-71(76)84-64-69(90-73(78)60-56-52-48-44-40-36-34-32-30-26-22-18-14-10-6-2)66-88-92(81,82)86-62-67(74)61-85-91(79,80)87-65-68(89-72(77)59-55-51-47-43-38-28-24-20-16-12-8-4)63-83-70(75)57-53-49-45-41-37-27-23-19-15-11-7-3/h21-22,25-26,31-34,67-69,74H,5-20,23-24,27-30,35-66H2,1-4H3,(H,79,80)(H,81,82)/b25-21-,26-22-,33-31-,34-32-. The lowest BCUT2D eigenvalue weighted by Gasteiger charge is -2.21. The average molecular weight is 1350 g/mol. The van der Waals surface area contributed by atoms with Crippen molar-refractivity contribution in [3.8, 4) is 0 Å². The fourth-order valence-electron chi connectivity index (χ4n) is 10.1. The van der Waals surface area contributed by atoms with Crippen molar-refractivity contribution in [2.75, 3.05) is 39.6 Å². The van der Waals surface area contributed by atoms with Gasteiger partial charge in [0.05, 0.1) is 26.4 Å². The number of unbranched alkanes of at least 4 members (excludes halogenated alkanes) is 36. The molecule has 0 heterocycles. The van der Waals surface area contributed by atoms with Crippen molar-refractivity contribution in [3.05, 3.63) is 48.6 Å². The van der Waals surface area contributed by atoms with E-state index < -0.39 is 97.5 Å². The molecule has 538 valence electrons. The van der Waals surface area contributed by atoms with Gasteiger partial charge in [0, 0.05) is 25.7 Å². The summed E-state index contributed by atoms with van der Waals surface area (Å²) in [4.78, 5) is 72.6. The fourth-order valence-corrected chi connectivity index (χ4v) is 11.7. The number of rotatable bonds is 70. The average Bonchev–Trinajstić information content (AvgIpc) is 2.93. The number of esters is 4. The summed E-state index contributed by atoms with van der Waals surface area (Å²) in [7, 11) is -9.92. The minimum atomic E-state index is -4.97. The van der Waals surface area contributed by atoms with E-state index in [1.54, 1.807) is 0 Å². The van der Waals surface area contributed by atoms with Crippen LogP contribution in [0.2, 0.25) is 0 Å². The van der Waals surface area contributed by atoms with Crippen LogP contribution in [-0.4, -0.2) is 96.7 Å². The molecule has 92 heavy (non-hydrogen) atoms. The van der Waals surface area contributed by atoms with Gasteiger partial charge < -0.3 is 33.8 Å². The maximum Gasteiger partial charge on any atom is 0.472 e. The van der Waals surface area contributed by atoms with Gasteiger partial charge in [-0.15, -0.1) is 0 Å². The first-order valence-electron chi connectivity index (χ1n) is 36.9. The molecule has 0 aliphatic carbocycles. The number of hydrogen-bond acceptors (Lipinski definition) is 15. The summed E-state index contributed by atoms with van der Waals surface area (Å²) in [6.45, 7) is 4.82. The van der Waals surface area contributed by atoms with Crippen LogP contribution in [0.25, 0.3) is 0 Å². The highest BCUT2D eigenvalue weighted by Gasteiger charge is 2.30. The van der Waals surface area contributed by atoms with Crippen LogP contribution in [-0.2, 0) is 65.4 Å². The lowest BCUT2D eigenvalue weighted by molar-refractivity contribution is -0.161. The SMILES string of the molecule is CCCCC/C=C\C/C=C\CCCCCCCC(=O)OCC(COP(=O)(O)OCC(O)COP(=O)(O)OCC(COC(=O)CCCCCCCCCCCCC)OC(=O)CCCCCCCCCCCCC)OC(=O)CCCCCCC/C=C\C/C=C\CCCCC. The maximum atomic E-state index is 13.0. The van der Waals surface area contributed by atoms with E-state index in [-0.39, 0.29) is 25.7 Å². The second kappa shape index (κ2) is 66.6. The van der Waals surface area contributed by atoms with Crippen molar-refractivity contribution in [2.45, 2.75) is 354 Å². The molecule has 5 unspecified atom stereocenters. The van der Waals surface area contributed by atoms with Crippen LogP contribution >= 0.6 is 15.6 Å². The number of phosphoric acid groups is 2. The van der Waals surface area contributed by atoms with Gasteiger partial charge in [0.25, 0.3) is 0 Å². The van der Waals surface area contributed by atoms with Gasteiger partial charge in [-0.1, -0.05) is 269 Å². The van der Waals surface area contributed by atoms with Gasteiger partial charge in [-0.3, -0.25) is 37.3 Å². The lowest BCUT2D eigenvalue weighted by atomic mass is 10.1. The molecule has 0 saturated heterocycles. The van der Waals surface area contributed by atoms with Gasteiger partial charge in [0.15, 0.2) is 12.2 Å². The first-order chi connectivity index (χ1) is 44.7. The van der Waals surface area contributed by atoms with E-state index in [0.717, 1.165) is 135 Å². The predicted molar refractivity (Wildman–Crippen MR) is 372 cm³/mol. The molecule has 0 aromatic heterocycles. The highest BCUT2D eigenvalue weighted by Crippen LogP contribution is 2.45. The summed E-state index contributed by atoms with van der Waals surface area (Å²) in [6.07, 6.45) is 61.1. The Morgan fingerprint density at radius 2 is 0.533 bits per heavy atom. The summed E-state index contributed by atoms with van der Waals surface area (Å²) in [5.41, 5.74) is 0. The van der Waals surface area contributed by atoms with E-state index in [0.29, 0.717) is 25.7 Å². The minimum Gasteiger partial charge on any atom is -0.462 e. The molecule has 0 bridgehead atoms. The number of allylic oxidation sites excluding steroid dienone is 8. The number of carbonyl (C=O) groups is 4. The number of hydrogen-bond donors (Lipinski definition) is 3. The Kier molecular flexibility index (Phi) is 64.5. The fraction of sp³-hybridized carbons (Fsp3) is 0.836. The molecular formula is C73H134O17P2. The molecule has 0 saturated carbocycles. The Balaban J connectivity index is 5.31. The molecular weight excluding hydrogens is 1210 g/mol. The van der Waals surface area contributed by atoms with E-state index in [9.17, 15) is 43.2 Å². The zero-order valence-corrected chi connectivity index (χ0v) is 60.3. The molecule has 0 rings (SSSR count). The second-order valence-electron chi connectivity index (χ2n) is 24.9. The van der Waals surface area contributed by atoms with Crippen molar-refractivity contribution in [2.24, 2.45) is 0 Å². The molecule has 0 fully saturated rings. The van der Waals surface area contributed by atoms with E-state index >= 15 is 0 Å². The van der Waals surface area contributed by atoms with E-state index in [1.807, 2.05) is 0 Å². The third kappa shape index (κ3) is 65.7.